The Labute approximate surface area is 252 Å². The van der Waals surface area contributed by atoms with Gasteiger partial charge in [0.25, 0.3) is 5.91 Å². The van der Waals surface area contributed by atoms with Crippen LogP contribution >= 0.6 is 11.3 Å². The number of ether oxygens (including phenoxy) is 1. The molecule has 224 valence electrons. The third-order valence-electron chi connectivity index (χ3n) is 7.28. The molecule has 1 aliphatic heterocycles. The van der Waals surface area contributed by atoms with E-state index in [-0.39, 0.29) is 23.3 Å². The molecule has 1 saturated heterocycles. The molecule has 9 nitrogen and oxygen atoms in total. The highest BCUT2D eigenvalue weighted by molar-refractivity contribution is 7.16. The zero-order valence-electron chi connectivity index (χ0n) is 25.9. The molecule has 42 heavy (non-hydrogen) atoms. The lowest BCUT2D eigenvalue weighted by molar-refractivity contribution is -0.144. The summed E-state index contributed by atoms with van der Waals surface area (Å²) >= 11 is 1.37. The van der Waals surface area contributed by atoms with E-state index in [1.807, 2.05) is 57.2 Å². The molecular formula is C32H41N5O4S. The van der Waals surface area contributed by atoms with Gasteiger partial charge in [-0.2, -0.15) is 0 Å². The highest BCUT2D eigenvalue weighted by atomic mass is 32.1. The molecule has 0 radical (unpaired) electrons. The second-order valence-electron chi connectivity index (χ2n) is 12.5. The summed E-state index contributed by atoms with van der Waals surface area (Å²) in [5, 5.41) is 6.28. The van der Waals surface area contributed by atoms with E-state index in [2.05, 4.69) is 36.4 Å². The normalized spacial score (nSPS) is 15.1. The number of hydrogen-bond acceptors (Lipinski definition) is 6. The van der Waals surface area contributed by atoms with Gasteiger partial charge in [0.2, 0.25) is 11.8 Å². The highest BCUT2D eigenvalue weighted by Crippen LogP contribution is 2.38. The first-order valence-corrected chi connectivity index (χ1v) is 14.9. The minimum absolute atomic E-state index is 0.0327. The van der Waals surface area contributed by atoms with Crippen molar-refractivity contribution in [2.45, 2.75) is 72.4 Å². The number of nitrogens with one attached hydrogen (secondary N) is 2. The number of anilines is 2. The number of piperazine rings is 1. The van der Waals surface area contributed by atoms with Crippen molar-refractivity contribution in [3.8, 4) is 17.0 Å². The van der Waals surface area contributed by atoms with Gasteiger partial charge in [-0.3, -0.25) is 14.9 Å². The van der Waals surface area contributed by atoms with Crippen molar-refractivity contribution >= 4 is 39.9 Å². The molecule has 0 spiro atoms. The van der Waals surface area contributed by atoms with Gasteiger partial charge in [0.1, 0.15) is 10.5 Å². The molecule has 3 heterocycles. The molecule has 0 unspecified atom stereocenters. The molecule has 2 aromatic heterocycles. The van der Waals surface area contributed by atoms with Gasteiger partial charge in [0.05, 0.1) is 11.7 Å². The van der Waals surface area contributed by atoms with Gasteiger partial charge in [-0.05, 0) is 75.4 Å². The average Bonchev–Trinajstić information content (AvgIpc) is 3.33. The minimum Gasteiger partial charge on any atom is -0.475 e. The molecule has 1 aromatic carbocycles. The fourth-order valence-electron chi connectivity index (χ4n) is 4.85. The van der Waals surface area contributed by atoms with Crippen molar-refractivity contribution in [1.29, 1.82) is 0 Å². The topological polar surface area (TPSA) is 104 Å². The van der Waals surface area contributed by atoms with Crippen molar-refractivity contribution < 1.29 is 19.1 Å². The number of likely N-dealkylation sites (N-methyl/N-ethyl adjacent to an activating group) is 1. The molecule has 1 aliphatic rings. The molecule has 0 atom stereocenters. The number of rotatable bonds is 6. The number of carbonyl (C=O) groups is 3. The largest absolute Gasteiger partial charge is 0.475 e. The van der Waals surface area contributed by atoms with E-state index < -0.39 is 11.6 Å². The highest BCUT2D eigenvalue weighted by Gasteiger charge is 2.44. The summed E-state index contributed by atoms with van der Waals surface area (Å²) in [6.45, 7) is 16.5. The predicted molar refractivity (Wildman–Crippen MR) is 169 cm³/mol. The Balaban J connectivity index is 1.58. The molecule has 10 heteroatoms. The van der Waals surface area contributed by atoms with E-state index in [0.29, 0.717) is 35.2 Å². The van der Waals surface area contributed by atoms with Gasteiger partial charge in [0.15, 0.2) is 0 Å². The molecule has 0 aliphatic carbocycles. The Morgan fingerprint density at radius 3 is 2.40 bits per heavy atom. The lowest BCUT2D eigenvalue weighted by Crippen LogP contribution is -2.63. The van der Waals surface area contributed by atoms with E-state index in [0.717, 1.165) is 21.6 Å². The summed E-state index contributed by atoms with van der Waals surface area (Å²) < 4.78 is 5.66. The maximum atomic E-state index is 13.9. The Morgan fingerprint density at radius 2 is 1.79 bits per heavy atom. The standard InChI is InChI=1S/C32H41N5O4S/c1-19(2)41-26-13-11-21(18-33-26)23-16-22(12-10-20(23)3)34-30(40)35-27-24(17-25(42-27)31(4,5)6)28(38)37-15-14-36(9)29(39)32(37,7)8/h10-13,16-19H,14-15H2,1-9H3,(H2,34,35,40). The summed E-state index contributed by atoms with van der Waals surface area (Å²) in [4.78, 5) is 48.6. The van der Waals surface area contributed by atoms with Crippen LogP contribution in [0.2, 0.25) is 0 Å². The fourth-order valence-corrected chi connectivity index (χ4v) is 5.96. The van der Waals surface area contributed by atoms with Gasteiger partial charge in [0, 0.05) is 48.5 Å². The van der Waals surface area contributed by atoms with Crippen LogP contribution in [0.1, 0.15) is 69.3 Å². The number of pyridine rings is 1. The molecule has 4 amide bonds. The maximum Gasteiger partial charge on any atom is 0.324 e. The Bertz CT molecular complexity index is 1490. The summed E-state index contributed by atoms with van der Waals surface area (Å²) in [7, 11) is 1.74. The van der Waals surface area contributed by atoms with Crippen molar-refractivity contribution in [1.82, 2.24) is 14.8 Å². The van der Waals surface area contributed by atoms with Crippen LogP contribution in [0.25, 0.3) is 11.1 Å². The predicted octanol–water partition coefficient (Wildman–Crippen LogP) is 6.54. The summed E-state index contributed by atoms with van der Waals surface area (Å²) in [5.74, 6) is 0.159. The summed E-state index contributed by atoms with van der Waals surface area (Å²) in [6.07, 6.45) is 1.79. The number of amides is 4. The molecule has 3 aromatic rings. The van der Waals surface area contributed by atoms with Crippen molar-refractivity contribution in [3.63, 3.8) is 0 Å². The smallest absolute Gasteiger partial charge is 0.324 e. The average molecular weight is 592 g/mol. The fraction of sp³-hybridized carbons (Fsp3) is 0.438. The summed E-state index contributed by atoms with van der Waals surface area (Å²) in [5.41, 5.74) is 2.61. The minimum atomic E-state index is -1.00. The van der Waals surface area contributed by atoms with Crippen LogP contribution in [0.4, 0.5) is 15.5 Å². The zero-order chi connectivity index (χ0) is 31.0. The summed E-state index contributed by atoms with van der Waals surface area (Å²) in [6, 6.07) is 10.8. The number of urea groups is 1. The van der Waals surface area contributed by atoms with Crippen LogP contribution in [-0.2, 0) is 10.2 Å². The van der Waals surface area contributed by atoms with Gasteiger partial charge < -0.3 is 19.9 Å². The van der Waals surface area contributed by atoms with Gasteiger partial charge in [-0.1, -0.05) is 26.8 Å². The van der Waals surface area contributed by atoms with Gasteiger partial charge >= 0.3 is 6.03 Å². The van der Waals surface area contributed by atoms with E-state index in [1.165, 1.54) is 11.3 Å². The third-order valence-corrected chi connectivity index (χ3v) is 8.75. The number of carbonyl (C=O) groups excluding carboxylic acids is 3. The number of aromatic nitrogens is 1. The molecule has 4 rings (SSSR count). The first-order valence-electron chi connectivity index (χ1n) is 14.1. The molecule has 0 bridgehead atoms. The number of hydrogen-bond donors (Lipinski definition) is 2. The number of nitrogens with zero attached hydrogens (tertiary/aromatic N) is 3. The van der Waals surface area contributed by atoms with E-state index in [9.17, 15) is 14.4 Å². The number of benzene rings is 1. The van der Waals surface area contributed by atoms with Crippen LogP contribution in [0.5, 0.6) is 5.88 Å². The first kappa shape index (κ1) is 31.0. The molecule has 0 saturated carbocycles. The van der Waals surface area contributed by atoms with Crippen LogP contribution in [0.3, 0.4) is 0 Å². The maximum absolute atomic E-state index is 13.9. The Hall–Kier alpha value is -3.92. The Kier molecular flexibility index (Phi) is 8.68. The lowest BCUT2D eigenvalue weighted by Gasteiger charge is -2.44. The lowest BCUT2D eigenvalue weighted by atomic mass is 9.93. The SMILES string of the molecule is Cc1ccc(NC(=O)Nc2sc(C(C)(C)C)cc2C(=O)N2CCN(C)C(=O)C2(C)C)cc1-c1ccc(OC(C)C)nc1. The number of thiophene rings is 1. The van der Waals surface area contributed by atoms with Gasteiger partial charge in [-0.25, -0.2) is 9.78 Å². The van der Waals surface area contributed by atoms with Gasteiger partial charge in [-0.15, -0.1) is 11.3 Å². The van der Waals surface area contributed by atoms with E-state index >= 15 is 0 Å². The molecule has 2 N–H and O–H groups in total. The van der Waals surface area contributed by atoms with Crippen LogP contribution in [0, 0.1) is 6.92 Å². The Morgan fingerprint density at radius 1 is 1.07 bits per heavy atom. The van der Waals surface area contributed by atoms with E-state index in [1.54, 1.807) is 36.9 Å². The zero-order valence-corrected chi connectivity index (χ0v) is 26.7. The monoisotopic (exact) mass is 591 g/mol. The quantitative estimate of drug-likeness (QED) is 0.339. The van der Waals surface area contributed by atoms with Crippen molar-refractivity contribution in [3.05, 3.63) is 58.6 Å². The third kappa shape index (κ3) is 6.59. The molecule has 1 fully saturated rings. The molecular weight excluding hydrogens is 550 g/mol. The van der Waals surface area contributed by atoms with E-state index in [4.69, 9.17) is 4.74 Å². The van der Waals surface area contributed by atoms with Crippen LogP contribution in [0.15, 0.2) is 42.6 Å². The van der Waals surface area contributed by atoms with Crippen molar-refractivity contribution in [2.24, 2.45) is 0 Å². The number of aryl methyl sites for hydroxylation is 1. The van der Waals surface area contributed by atoms with Crippen molar-refractivity contribution in [2.75, 3.05) is 30.8 Å². The second-order valence-corrected chi connectivity index (χ2v) is 13.6. The van der Waals surface area contributed by atoms with Crippen LogP contribution in [-0.4, -0.2) is 64.4 Å². The first-order chi connectivity index (χ1) is 19.6. The second kappa shape index (κ2) is 11.8. The van der Waals surface area contributed by atoms with Crippen LogP contribution < -0.4 is 15.4 Å².